The van der Waals surface area contributed by atoms with Gasteiger partial charge >= 0.3 is 0 Å². The zero-order valence-electron chi connectivity index (χ0n) is 10.1. The molecule has 0 fully saturated rings. The van der Waals surface area contributed by atoms with Gasteiger partial charge in [-0.25, -0.2) is 0 Å². The fraction of sp³-hybridized carbons (Fsp3) is 0.667. The van der Waals surface area contributed by atoms with Crippen LogP contribution in [0.3, 0.4) is 0 Å². The average Bonchev–Trinajstić information content (AvgIpc) is 2.63. The summed E-state index contributed by atoms with van der Waals surface area (Å²) in [5, 5.41) is 3.45. The molecule has 2 nitrogen and oxygen atoms in total. The molecular weight excluding hydrogens is 286 g/mol. The maximum absolute atomic E-state index is 5.52. The Labute approximate surface area is 111 Å². The Morgan fingerprint density at radius 1 is 1.38 bits per heavy atom. The van der Waals surface area contributed by atoms with E-state index in [0.29, 0.717) is 12.0 Å². The fourth-order valence-corrected chi connectivity index (χ4v) is 2.78. The number of hydrogen-bond acceptors (Lipinski definition) is 3. The molecule has 1 unspecified atom stereocenters. The third kappa shape index (κ3) is 5.43. The lowest BCUT2D eigenvalue weighted by atomic mass is 10.2. The van der Waals surface area contributed by atoms with Crippen LogP contribution < -0.4 is 5.32 Å². The molecule has 0 aromatic carbocycles. The lowest BCUT2D eigenvalue weighted by Crippen LogP contribution is -2.23. The fourth-order valence-electron chi connectivity index (χ4n) is 1.33. The number of nitrogens with one attached hydrogen (secondary N) is 1. The maximum Gasteiger partial charge on any atom is 0.0701 e. The van der Waals surface area contributed by atoms with E-state index in [-0.39, 0.29) is 0 Å². The highest BCUT2D eigenvalue weighted by Crippen LogP contribution is 2.26. The first-order valence-electron chi connectivity index (χ1n) is 5.66. The highest BCUT2D eigenvalue weighted by Gasteiger charge is 2.06. The van der Waals surface area contributed by atoms with E-state index in [0.717, 1.165) is 19.8 Å². The molecule has 4 heteroatoms. The van der Waals surface area contributed by atoms with Gasteiger partial charge in [0.1, 0.15) is 0 Å². The number of ether oxygens (including phenoxy) is 1. The molecule has 0 aliphatic carbocycles. The summed E-state index contributed by atoms with van der Waals surface area (Å²) in [5.41, 5.74) is 0. The predicted molar refractivity (Wildman–Crippen MR) is 74.1 cm³/mol. The summed E-state index contributed by atoms with van der Waals surface area (Å²) >= 11 is 5.25. The van der Waals surface area contributed by atoms with Gasteiger partial charge < -0.3 is 10.1 Å². The molecule has 92 valence electrons. The second-order valence-electron chi connectivity index (χ2n) is 4.29. The Balaban J connectivity index is 2.13. The van der Waals surface area contributed by atoms with Crippen molar-refractivity contribution in [3.8, 4) is 0 Å². The topological polar surface area (TPSA) is 21.3 Å². The Morgan fingerprint density at radius 2 is 2.12 bits per heavy atom. The van der Waals surface area contributed by atoms with Crippen LogP contribution in [0.1, 0.15) is 31.7 Å². The minimum Gasteiger partial charge on any atom is -0.380 e. The second kappa shape index (κ2) is 7.43. The number of rotatable bonds is 7. The van der Waals surface area contributed by atoms with Crippen LogP contribution in [0, 0.1) is 5.92 Å². The van der Waals surface area contributed by atoms with Crippen molar-refractivity contribution in [2.75, 3.05) is 19.8 Å². The molecule has 1 aromatic heterocycles. The van der Waals surface area contributed by atoms with E-state index < -0.39 is 0 Å². The van der Waals surface area contributed by atoms with Gasteiger partial charge in [-0.3, -0.25) is 0 Å². The number of hydrogen-bond donors (Lipinski definition) is 1. The van der Waals surface area contributed by atoms with Crippen molar-refractivity contribution in [3.05, 3.63) is 20.8 Å². The molecule has 0 amide bonds. The molecule has 0 bridgehead atoms. The van der Waals surface area contributed by atoms with E-state index in [4.69, 9.17) is 4.74 Å². The Hall–Kier alpha value is 0.1000. The van der Waals surface area contributed by atoms with Crippen molar-refractivity contribution in [2.24, 2.45) is 5.92 Å². The zero-order chi connectivity index (χ0) is 12.0. The Bertz CT molecular complexity index is 301. The first kappa shape index (κ1) is 14.2. The van der Waals surface area contributed by atoms with Gasteiger partial charge in [0, 0.05) is 24.1 Å². The molecule has 0 spiro atoms. The lowest BCUT2D eigenvalue weighted by Gasteiger charge is -2.12. The summed E-state index contributed by atoms with van der Waals surface area (Å²) in [4.78, 5) is 1.36. The van der Waals surface area contributed by atoms with Crippen LogP contribution in [0.4, 0.5) is 0 Å². The van der Waals surface area contributed by atoms with Gasteiger partial charge in [0.2, 0.25) is 0 Å². The highest BCUT2D eigenvalue weighted by molar-refractivity contribution is 9.11. The van der Waals surface area contributed by atoms with E-state index in [1.54, 1.807) is 11.3 Å². The van der Waals surface area contributed by atoms with Crippen molar-refractivity contribution < 1.29 is 4.74 Å². The summed E-state index contributed by atoms with van der Waals surface area (Å²) < 4.78 is 6.71. The number of halogens is 1. The minimum absolute atomic E-state index is 0.402. The quantitative estimate of drug-likeness (QED) is 0.773. The van der Waals surface area contributed by atoms with Crippen molar-refractivity contribution in [1.29, 1.82) is 0 Å². The van der Waals surface area contributed by atoms with E-state index in [9.17, 15) is 0 Å². The van der Waals surface area contributed by atoms with Gasteiger partial charge in [-0.15, -0.1) is 11.3 Å². The van der Waals surface area contributed by atoms with Crippen molar-refractivity contribution >= 4 is 27.3 Å². The van der Waals surface area contributed by atoms with Crippen molar-refractivity contribution in [2.45, 2.75) is 26.8 Å². The molecule has 1 aromatic rings. The molecule has 1 heterocycles. The summed E-state index contributed by atoms with van der Waals surface area (Å²) in [5.74, 6) is 0.616. The van der Waals surface area contributed by atoms with Gasteiger partial charge in [0.05, 0.1) is 10.4 Å². The van der Waals surface area contributed by atoms with Crippen LogP contribution in [0.15, 0.2) is 15.9 Å². The van der Waals surface area contributed by atoms with Gasteiger partial charge in [-0.05, 0) is 40.9 Å². The highest BCUT2D eigenvalue weighted by atomic mass is 79.9. The Morgan fingerprint density at radius 3 is 2.69 bits per heavy atom. The van der Waals surface area contributed by atoms with Crippen LogP contribution >= 0.6 is 27.3 Å². The standard InChI is InChI=1S/C12H20BrNOS/c1-9(2)8-15-7-6-14-10(3)11-4-5-12(13)16-11/h4-5,9-10,14H,6-8H2,1-3H3. The first-order valence-corrected chi connectivity index (χ1v) is 7.27. The zero-order valence-corrected chi connectivity index (χ0v) is 12.5. The van der Waals surface area contributed by atoms with Crippen LogP contribution in [0.25, 0.3) is 0 Å². The predicted octanol–water partition coefficient (Wildman–Crippen LogP) is 3.83. The summed E-state index contributed by atoms with van der Waals surface area (Å²) in [6.45, 7) is 9.05. The molecule has 1 N–H and O–H groups in total. The summed E-state index contributed by atoms with van der Waals surface area (Å²) in [6.07, 6.45) is 0. The van der Waals surface area contributed by atoms with E-state index in [1.165, 1.54) is 8.66 Å². The summed E-state index contributed by atoms with van der Waals surface area (Å²) in [6, 6.07) is 4.65. The normalized spacial score (nSPS) is 13.3. The maximum atomic E-state index is 5.52. The van der Waals surface area contributed by atoms with Crippen LogP contribution in [-0.4, -0.2) is 19.8 Å². The average molecular weight is 306 g/mol. The monoisotopic (exact) mass is 305 g/mol. The third-order valence-electron chi connectivity index (χ3n) is 2.17. The molecular formula is C12H20BrNOS. The van der Waals surface area contributed by atoms with Crippen LogP contribution in [-0.2, 0) is 4.74 Å². The van der Waals surface area contributed by atoms with E-state index in [2.05, 4.69) is 54.2 Å². The lowest BCUT2D eigenvalue weighted by molar-refractivity contribution is 0.110. The molecule has 0 saturated carbocycles. The molecule has 1 atom stereocenters. The third-order valence-corrected chi connectivity index (χ3v) is 3.98. The first-order chi connectivity index (χ1) is 7.59. The SMILES string of the molecule is CC(C)COCCNC(C)c1ccc(Br)s1. The molecule has 0 radical (unpaired) electrons. The van der Waals surface area contributed by atoms with Gasteiger partial charge in [0.15, 0.2) is 0 Å². The smallest absolute Gasteiger partial charge is 0.0701 e. The van der Waals surface area contributed by atoms with Gasteiger partial charge in [-0.1, -0.05) is 13.8 Å². The molecule has 0 aliphatic rings. The van der Waals surface area contributed by atoms with Crippen LogP contribution in [0.5, 0.6) is 0 Å². The second-order valence-corrected chi connectivity index (χ2v) is 6.78. The molecule has 1 rings (SSSR count). The molecule has 16 heavy (non-hydrogen) atoms. The van der Waals surface area contributed by atoms with E-state index in [1.807, 2.05) is 0 Å². The largest absolute Gasteiger partial charge is 0.380 e. The Kier molecular flexibility index (Phi) is 6.58. The van der Waals surface area contributed by atoms with Gasteiger partial charge in [0.25, 0.3) is 0 Å². The van der Waals surface area contributed by atoms with Crippen molar-refractivity contribution in [3.63, 3.8) is 0 Å². The van der Waals surface area contributed by atoms with Gasteiger partial charge in [-0.2, -0.15) is 0 Å². The molecule has 0 saturated heterocycles. The number of thiophene rings is 1. The summed E-state index contributed by atoms with van der Waals surface area (Å²) in [7, 11) is 0. The van der Waals surface area contributed by atoms with E-state index >= 15 is 0 Å². The van der Waals surface area contributed by atoms with Crippen molar-refractivity contribution in [1.82, 2.24) is 5.32 Å². The molecule has 0 aliphatic heterocycles. The van der Waals surface area contributed by atoms with Crippen LogP contribution in [0.2, 0.25) is 0 Å². The minimum atomic E-state index is 0.402.